The van der Waals surface area contributed by atoms with Gasteiger partial charge in [0, 0.05) is 31.6 Å². The molecule has 4 rings (SSSR count). The summed E-state index contributed by atoms with van der Waals surface area (Å²) in [5.41, 5.74) is 3.20. The number of carbonyl (C=O) groups excluding carboxylic acids is 1. The van der Waals surface area contributed by atoms with Crippen molar-refractivity contribution in [1.82, 2.24) is 20.3 Å². The molecular weight excluding hydrogens is 368 g/mol. The van der Waals surface area contributed by atoms with E-state index in [-0.39, 0.29) is 12.5 Å². The third-order valence-electron chi connectivity index (χ3n) is 4.80. The number of pyridine rings is 1. The molecule has 0 bridgehead atoms. The van der Waals surface area contributed by atoms with Crippen LogP contribution in [-0.4, -0.2) is 53.6 Å². The van der Waals surface area contributed by atoms with E-state index in [1.807, 2.05) is 44.2 Å². The second-order valence-electron chi connectivity index (χ2n) is 7.09. The summed E-state index contributed by atoms with van der Waals surface area (Å²) in [6.45, 7) is 7.46. The summed E-state index contributed by atoms with van der Waals surface area (Å²) in [7, 11) is 0. The summed E-state index contributed by atoms with van der Waals surface area (Å²) in [5, 5.41) is 6.96. The summed E-state index contributed by atoms with van der Waals surface area (Å²) < 4.78 is 5.52. The summed E-state index contributed by atoms with van der Waals surface area (Å²) in [6, 6.07) is 9.42. The quantitative estimate of drug-likeness (QED) is 0.687. The summed E-state index contributed by atoms with van der Waals surface area (Å²) in [5.74, 6) is 1.11. The van der Waals surface area contributed by atoms with Crippen molar-refractivity contribution in [3.8, 4) is 5.75 Å². The van der Waals surface area contributed by atoms with Crippen molar-refractivity contribution in [2.24, 2.45) is 0 Å². The van der Waals surface area contributed by atoms with Crippen molar-refractivity contribution in [1.29, 1.82) is 0 Å². The molecule has 150 valence electrons. The fourth-order valence-corrected chi connectivity index (χ4v) is 3.20. The molecule has 0 spiro atoms. The van der Waals surface area contributed by atoms with Gasteiger partial charge >= 0.3 is 0 Å². The lowest BCUT2D eigenvalue weighted by atomic mass is 10.2. The molecule has 1 saturated heterocycles. The molecule has 0 unspecified atom stereocenters. The Balaban J connectivity index is 1.44. The Morgan fingerprint density at radius 1 is 1.17 bits per heavy atom. The zero-order chi connectivity index (χ0) is 20.2. The number of aryl methyl sites for hydroxylation is 2. The minimum atomic E-state index is -0.247. The highest BCUT2D eigenvalue weighted by Gasteiger charge is 2.16. The molecule has 1 aliphatic rings. The Labute approximate surface area is 169 Å². The van der Waals surface area contributed by atoms with Gasteiger partial charge in [-0.15, -0.1) is 0 Å². The highest BCUT2D eigenvalue weighted by atomic mass is 16.5. The van der Waals surface area contributed by atoms with Crippen LogP contribution in [-0.2, 0) is 4.79 Å². The van der Waals surface area contributed by atoms with Crippen LogP contribution >= 0.6 is 0 Å². The van der Waals surface area contributed by atoms with E-state index in [4.69, 9.17) is 4.74 Å². The first kappa shape index (κ1) is 19.1. The molecule has 0 radical (unpaired) electrons. The first-order chi connectivity index (χ1) is 14.1. The number of rotatable bonds is 5. The van der Waals surface area contributed by atoms with Gasteiger partial charge in [0.2, 0.25) is 5.95 Å². The number of fused-ring (bicyclic) bond motifs is 1. The predicted molar refractivity (Wildman–Crippen MR) is 112 cm³/mol. The molecule has 0 saturated carbocycles. The molecule has 1 aliphatic heterocycles. The van der Waals surface area contributed by atoms with Gasteiger partial charge in [-0.2, -0.15) is 4.98 Å². The van der Waals surface area contributed by atoms with E-state index >= 15 is 0 Å². The molecule has 3 aromatic rings. The number of piperazine rings is 1. The van der Waals surface area contributed by atoms with Crippen molar-refractivity contribution < 1.29 is 9.53 Å². The normalized spacial score (nSPS) is 14.1. The highest BCUT2D eigenvalue weighted by Crippen LogP contribution is 2.21. The number of carbonyl (C=O) groups is 1. The lowest BCUT2D eigenvalue weighted by molar-refractivity contribution is -0.118. The van der Waals surface area contributed by atoms with Crippen LogP contribution in [0.1, 0.15) is 11.3 Å². The zero-order valence-electron chi connectivity index (χ0n) is 16.6. The first-order valence-electron chi connectivity index (χ1n) is 9.68. The molecule has 0 atom stereocenters. The van der Waals surface area contributed by atoms with Gasteiger partial charge < -0.3 is 20.3 Å². The minimum absolute atomic E-state index is 0.0709. The van der Waals surface area contributed by atoms with Crippen LogP contribution in [0.25, 0.3) is 11.0 Å². The molecule has 29 heavy (non-hydrogen) atoms. The number of benzene rings is 1. The number of ether oxygens (including phenoxy) is 1. The average Bonchev–Trinajstić information content (AvgIpc) is 2.74. The average molecular weight is 392 g/mol. The Hall–Kier alpha value is -3.26. The minimum Gasteiger partial charge on any atom is -0.484 e. The maximum atomic E-state index is 12.2. The molecule has 3 heterocycles. The van der Waals surface area contributed by atoms with Gasteiger partial charge in [-0.05, 0) is 32.0 Å². The number of nitrogens with one attached hydrogen (secondary N) is 2. The van der Waals surface area contributed by atoms with Crippen LogP contribution in [0.3, 0.4) is 0 Å². The Morgan fingerprint density at radius 3 is 2.69 bits per heavy atom. The number of anilines is 2. The second kappa shape index (κ2) is 8.40. The number of hydrogen-bond donors (Lipinski definition) is 2. The van der Waals surface area contributed by atoms with E-state index in [0.29, 0.717) is 23.0 Å². The SMILES string of the molecule is Cc1ccc(OCC(=O)Nc2cnc3nc(N4CCNCC4)nc(C)c3c2)cc1. The van der Waals surface area contributed by atoms with Gasteiger partial charge in [-0.1, -0.05) is 17.7 Å². The lowest BCUT2D eigenvalue weighted by Crippen LogP contribution is -2.44. The number of nitrogens with zero attached hydrogens (tertiary/aromatic N) is 4. The predicted octanol–water partition coefficient (Wildman–Crippen LogP) is 2.07. The fourth-order valence-electron chi connectivity index (χ4n) is 3.20. The van der Waals surface area contributed by atoms with Crippen molar-refractivity contribution >= 4 is 28.6 Å². The molecule has 0 aliphatic carbocycles. The molecule has 2 aromatic heterocycles. The summed E-state index contributed by atoms with van der Waals surface area (Å²) in [6.07, 6.45) is 1.61. The molecule has 8 nitrogen and oxygen atoms in total. The van der Waals surface area contributed by atoms with Crippen LogP contribution in [0.5, 0.6) is 5.75 Å². The standard InChI is InChI=1S/C21H24N6O2/c1-14-3-5-17(6-4-14)29-13-19(28)25-16-11-18-15(2)24-21(26-20(18)23-12-16)27-9-7-22-8-10-27/h3-6,11-12,22H,7-10,13H2,1-2H3,(H,25,28). The van der Waals surface area contributed by atoms with Gasteiger partial charge in [-0.25, -0.2) is 9.97 Å². The third kappa shape index (κ3) is 4.60. The highest BCUT2D eigenvalue weighted by molar-refractivity contribution is 5.94. The van der Waals surface area contributed by atoms with Gasteiger partial charge in [0.05, 0.1) is 17.6 Å². The van der Waals surface area contributed by atoms with Crippen LogP contribution in [0.2, 0.25) is 0 Å². The smallest absolute Gasteiger partial charge is 0.262 e. The van der Waals surface area contributed by atoms with Crippen molar-refractivity contribution in [2.45, 2.75) is 13.8 Å². The molecular formula is C21H24N6O2. The maximum Gasteiger partial charge on any atom is 0.262 e. The van der Waals surface area contributed by atoms with Crippen LogP contribution in [0, 0.1) is 13.8 Å². The number of aromatic nitrogens is 3. The Bertz CT molecular complexity index is 1020. The molecule has 1 fully saturated rings. The largest absolute Gasteiger partial charge is 0.484 e. The number of hydrogen-bond acceptors (Lipinski definition) is 7. The molecule has 1 aromatic carbocycles. The van der Waals surface area contributed by atoms with Crippen molar-refractivity contribution in [3.63, 3.8) is 0 Å². The molecule has 8 heteroatoms. The first-order valence-corrected chi connectivity index (χ1v) is 9.68. The van der Waals surface area contributed by atoms with E-state index < -0.39 is 0 Å². The van der Waals surface area contributed by atoms with Crippen molar-refractivity contribution in [2.75, 3.05) is 43.0 Å². The third-order valence-corrected chi connectivity index (χ3v) is 4.80. The van der Waals surface area contributed by atoms with E-state index in [1.165, 1.54) is 0 Å². The Morgan fingerprint density at radius 2 is 1.93 bits per heavy atom. The van der Waals surface area contributed by atoms with Crippen LogP contribution < -0.4 is 20.3 Å². The molecule has 1 amide bonds. The summed E-state index contributed by atoms with van der Waals surface area (Å²) in [4.78, 5) is 28.1. The van der Waals surface area contributed by atoms with Crippen LogP contribution in [0.15, 0.2) is 36.5 Å². The van der Waals surface area contributed by atoms with E-state index in [9.17, 15) is 4.79 Å². The van der Waals surface area contributed by atoms with Gasteiger partial charge in [-0.3, -0.25) is 4.79 Å². The topological polar surface area (TPSA) is 92.3 Å². The maximum absolute atomic E-state index is 12.2. The van der Waals surface area contributed by atoms with Gasteiger partial charge in [0.15, 0.2) is 12.3 Å². The number of amides is 1. The monoisotopic (exact) mass is 392 g/mol. The Kier molecular flexibility index (Phi) is 5.53. The van der Waals surface area contributed by atoms with E-state index in [1.54, 1.807) is 6.20 Å². The van der Waals surface area contributed by atoms with Crippen LogP contribution in [0.4, 0.5) is 11.6 Å². The van der Waals surface area contributed by atoms with E-state index in [0.717, 1.165) is 42.8 Å². The van der Waals surface area contributed by atoms with Crippen molar-refractivity contribution in [3.05, 3.63) is 47.8 Å². The fraction of sp³-hybridized carbons (Fsp3) is 0.333. The van der Waals surface area contributed by atoms with Gasteiger partial charge in [0.1, 0.15) is 5.75 Å². The summed E-state index contributed by atoms with van der Waals surface area (Å²) >= 11 is 0. The van der Waals surface area contributed by atoms with E-state index in [2.05, 4.69) is 30.5 Å². The zero-order valence-corrected chi connectivity index (χ0v) is 16.6. The second-order valence-corrected chi connectivity index (χ2v) is 7.09. The lowest BCUT2D eigenvalue weighted by Gasteiger charge is -2.27. The van der Waals surface area contributed by atoms with Gasteiger partial charge in [0.25, 0.3) is 5.91 Å². The molecule has 2 N–H and O–H groups in total.